The second kappa shape index (κ2) is 5.48. The molecule has 0 aliphatic rings. The molecule has 3 nitrogen and oxygen atoms in total. The average Bonchev–Trinajstić information content (AvgIpc) is 2.26. The predicted molar refractivity (Wildman–Crippen MR) is 70.4 cm³/mol. The van der Waals surface area contributed by atoms with Gasteiger partial charge < -0.3 is 11.1 Å². The second-order valence-corrected chi connectivity index (χ2v) is 5.63. The van der Waals surface area contributed by atoms with Gasteiger partial charge in [0.2, 0.25) is 5.91 Å². The van der Waals surface area contributed by atoms with Gasteiger partial charge in [-0.25, -0.2) is 4.39 Å². The van der Waals surface area contributed by atoms with Gasteiger partial charge in [0.25, 0.3) is 0 Å². The number of carbonyl (C=O) groups is 1. The first-order valence-corrected chi connectivity index (χ1v) is 6.03. The molecule has 1 aromatic carbocycles. The third-order valence-corrected chi connectivity index (χ3v) is 2.92. The van der Waals surface area contributed by atoms with Crippen molar-refractivity contribution in [3.63, 3.8) is 0 Å². The van der Waals surface area contributed by atoms with E-state index in [1.165, 1.54) is 12.1 Å². The Morgan fingerprint density at radius 1 is 1.39 bits per heavy atom. The van der Waals surface area contributed by atoms with Crippen LogP contribution in [-0.4, -0.2) is 11.9 Å². The van der Waals surface area contributed by atoms with E-state index in [0.29, 0.717) is 0 Å². The number of nitrogens with one attached hydrogen (secondary N) is 1. The van der Waals surface area contributed by atoms with E-state index in [0.717, 1.165) is 5.56 Å². The Balaban J connectivity index is 2.71. The Hall–Kier alpha value is -1.42. The molecule has 0 heterocycles. The maximum atomic E-state index is 13.1. The third kappa shape index (κ3) is 3.81. The van der Waals surface area contributed by atoms with Gasteiger partial charge in [-0.3, -0.25) is 4.79 Å². The molecule has 0 saturated heterocycles. The van der Waals surface area contributed by atoms with Crippen molar-refractivity contribution in [2.45, 2.75) is 39.8 Å². The molecule has 18 heavy (non-hydrogen) atoms. The Bertz CT molecular complexity index is 426. The average molecular weight is 252 g/mol. The zero-order valence-electron chi connectivity index (χ0n) is 11.3. The van der Waals surface area contributed by atoms with E-state index in [4.69, 9.17) is 5.73 Å². The van der Waals surface area contributed by atoms with Crippen molar-refractivity contribution in [2.24, 2.45) is 11.1 Å². The second-order valence-electron chi connectivity index (χ2n) is 5.63. The fraction of sp³-hybridized carbons (Fsp3) is 0.500. The van der Waals surface area contributed by atoms with Crippen LogP contribution in [-0.2, 0) is 4.79 Å². The minimum atomic E-state index is -0.589. The van der Waals surface area contributed by atoms with E-state index >= 15 is 0 Å². The van der Waals surface area contributed by atoms with E-state index in [-0.39, 0.29) is 23.2 Å². The lowest BCUT2D eigenvalue weighted by molar-refractivity contribution is -0.125. The van der Waals surface area contributed by atoms with Crippen LogP contribution < -0.4 is 11.1 Å². The summed E-state index contributed by atoms with van der Waals surface area (Å²) in [4.78, 5) is 11.9. The first kappa shape index (κ1) is 14.6. The minimum Gasteiger partial charge on any atom is -0.348 e. The first-order chi connectivity index (χ1) is 8.21. The van der Waals surface area contributed by atoms with Gasteiger partial charge in [0, 0.05) is 0 Å². The molecule has 0 aromatic heterocycles. The summed E-state index contributed by atoms with van der Waals surface area (Å²) in [5.41, 5.74) is 6.29. The summed E-state index contributed by atoms with van der Waals surface area (Å²) in [5, 5.41) is 2.80. The van der Waals surface area contributed by atoms with Gasteiger partial charge in [-0.05, 0) is 30.0 Å². The van der Waals surface area contributed by atoms with Crippen molar-refractivity contribution in [1.82, 2.24) is 5.32 Å². The SMILES string of the molecule is CC(NC(=O)C(N)C(C)(C)C)c1cccc(F)c1. The summed E-state index contributed by atoms with van der Waals surface area (Å²) in [7, 11) is 0. The van der Waals surface area contributed by atoms with Gasteiger partial charge in [-0.15, -0.1) is 0 Å². The van der Waals surface area contributed by atoms with Crippen molar-refractivity contribution >= 4 is 5.91 Å². The number of benzene rings is 1. The topological polar surface area (TPSA) is 55.1 Å². The van der Waals surface area contributed by atoms with Gasteiger partial charge in [0.05, 0.1) is 12.1 Å². The summed E-state index contributed by atoms with van der Waals surface area (Å²) >= 11 is 0. The van der Waals surface area contributed by atoms with Crippen LogP contribution in [0.25, 0.3) is 0 Å². The Morgan fingerprint density at radius 3 is 2.50 bits per heavy atom. The van der Waals surface area contributed by atoms with E-state index in [1.54, 1.807) is 12.1 Å². The van der Waals surface area contributed by atoms with Crippen molar-refractivity contribution in [2.75, 3.05) is 0 Å². The molecule has 2 atom stereocenters. The van der Waals surface area contributed by atoms with Crippen molar-refractivity contribution in [3.8, 4) is 0 Å². The molecule has 2 unspecified atom stereocenters. The van der Waals surface area contributed by atoms with Crippen molar-refractivity contribution < 1.29 is 9.18 Å². The minimum absolute atomic E-state index is 0.223. The largest absolute Gasteiger partial charge is 0.348 e. The fourth-order valence-electron chi connectivity index (χ4n) is 1.56. The number of hydrogen-bond donors (Lipinski definition) is 2. The van der Waals surface area contributed by atoms with Crippen LogP contribution in [0.5, 0.6) is 0 Å². The number of nitrogens with two attached hydrogens (primary N) is 1. The lowest BCUT2D eigenvalue weighted by Crippen LogP contribution is -2.49. The van der Waals surface area contributed by atoms with E-state index in [2.05, 4.69) is 5.32 Å². The van der Waals surface area contributed by atoms with Crippen LogP contribution in [0.2, 0.25) is 0 Å². The fourth-order valence-corrected chi connectivity index (χ4v) is 1.56. The maximum Gasteiger partial charge on any atom is 0.237 e. The molecule has 100 valence electrons. The summed E-state index contributed by atoms with van der Waals surface area (Å²) in [6.07, 6.45) is 0. The highest BCUT2D eigenvalue weighted by atomic mass is 19.1. The summed E-state index contributed by atoms with van der Waals surface area (Å²) in [6.45, 7) is 7.53. The Kier molecular flexibility index (Phi) is 4.46. The van der Waals surface area contributed by atoms with Gasteiger partial charge in [-0.2, -0.15) is 0 Å². The molecule has 3 N–H and O–H groups in total. The Labute approximate surface area is 108 Å². The van der Waals surface area contributed by atoms with E-state index in [1.807, 2.05) is 27.7 Å². The smallest absolute Gasteiger partial charge is 0.237 e. The molecule has 0 spiro atoms. The zero-order valence-corrected chi connectivity index (χ0v) is 11.3. The molecule has 0 fully saturated rings. The Morgan fingerprint density at radius 2 is 2.00 bits per heavy atom. The summed E-state index contributed by atoms with van der Waals surface area (Å²) in [6, 6.07) is 5.33. The van der Waals surface area contributed by atoms with Gasteiger partial charge in [0.15, 0.2) is 0 Å². The van der Waals surface area contributed by atoms with Crippen LogP contribution in [0.15, 0.2) is 24.3 Å². The number of hydrogen-bond acceptors (Lipinski definition) is 2. The molecule has 1 rings (SSSR count). The predicted octanol–water partition coefficient (Wildman–Crippen LogP) is 2.38. The van der Waals surface area contributed by atoms with Gasteiger partial charge >= 0.3 is 0 Å². The number of rotatable bonds is 3. The van der Waals surface area contributed by atoms with Crippen molar-refractivity contribution in [1.29, 1.82) is 0 Å². The van der Waals surface area contributed by atoms with Gasteiger partial charge in [-0.1, -0.05) is 32.9 Å². The quantitative estimate of drug-likeness (QED) is 0.867. The highest BCUT2D eigenvalue weighted by molar-refractivity contribution is 5.82. The third-order valence-electron chi connectivity index (χ3n) is 2.92. The van der Waals surface area contributed by atoms with Crippen LogP contribution in [0.3, 0.4) is 0 Å². The maximum absolute atomic E-state index is 13.1. The van der Waals surface area contributed by atoms with E-state index in [9.17, 15) is 9.18 Å². The van der Waals surface area contributed by atoms with Crippen LogP contribution in [0.1, 0.15) is 39.3 Å². The molecule has 0 aliphatic carbocycles. The molecule has 0 saturated carbocycles. The standard InChI is InChI=1S/C14H21FN2O/c1-9(10-6-5-7-11(15)8-10)17-13(18)12(16)14(2,3)4/h5-9,12H,16H2,1-4H3,(H,17,18). The van der Waals surface area contributed by atoms with Crippen molar-refractivity contribution in [3.05, 3.63) is 35.6 Å². The zero-order chi connectivity index (χ0) is 13.9. The number of amides is 1. The number of halogens is 1. The lowest BCUT2D eigenvalue weighted by Gasteiger charge is -2.27. The number of carbonyl (C=O) groups excluding carboxylic acids is 1. The normalized spacial score (nSPS) is 15.0. The molecule has 1 aromatic rings. The molecule has 1 amide bonds. The highest BCUT2D eigenvalue weighted by Crippen LogP contribution is 2.19. The molecule has 0 radical (unpaired) electrons. The van der Waals surface area contributed by atoms with Crippen LogP contribution >= 0.6 is 0 Å². The van der Waals surface area contributed by atoms with Crippen LogP contribution in [0, 0.1) is 11.2 Å². The van der Waals surface area contributed by atoms with Crippen LogP contribution in [0.4, 0.5) is 4.39 Å². The molecule has 0 aliphatic heterocycles. The summed E-state index contributed by atoms with van der Waals surface area (Å²) in [5.74, 6) is -0.534. The first-order valence-electron chi connectivity index (χ1n) is 6.03. The monoisotopic (exact) mass is 252 g/mol. The highest BCUT2D eigenvalue weighted by Gasteiger charge is 2.28. The molecular weight excluding hydrogens is 231 g/mol. The molecule has 4 heteroatoms. The van der Waals surface area contributed by atoms with Gasteiger partial charge in [0.1, 0.15) is 5.82 Å². The molecular formula is C14H21FN2O. The lowest BCUT2D eigenvalue weighted by atomic mass is 9.86. The molecule has 0 bridgehead atoms. The summed E-state index contributed by atoms with van der Waals surface area (Å²) < 4.78 is 13.1. The van der Waals surface area contributed by atoms with E-state index < -0.39 is 6.04 Å².